The Morgan fingerprint density at radius 2 is 1.64 bits per heavy atom. The highest BCUT2D eigenvalue weighted by Gasteiger charge is 2.16. The van der Waals surface area contributed by atoms with Crippen molar-refractivity contribution in [3.8, 4) is 11.1 Å². The first-order chi connectivity index (χ1) is 12.1. The van der Waals surface area contributed by atoms with Gasteiger partial charge in [0.15, 0.2) is 0 Å². The largest absolute Gasteiger partial charge is 0.292 e. The van der Waals surface area contributed by atoms with Crippen molar-refractivity contribution in [2.45, 2.75) is 11.3 Å². The number of rotatable bonds is 6. The summed E-state index contributed by atoms with van der Waals surface area (Å²) in [5.74, 6) is 0. The van der Waals surface area contributed by atoms with E-state index in [1.165, 1.54) is 16.4 Å². The van der Waals surface area contributed by atoms with E-state index in [4.69, 9.17) is 5.21 Å². The maximum absolute atomic E-state index is 12.7. The molecule has 25 heavy (non-hydrogen) atoms. The molecule has 5 nitrogen and oxygen atoms in total. The minimum Gasteiger partial charge on any atom is -0.292 e. The molecule has 1 heterocycles. The molecule has 0 aliphatic carbocycles. The summed E-state index contributed by atoms with van der Waals surface area (Å²) >= 11 is 0. The third kappa shape index (κ3) is 3.81. The number of nitrogens with one attached hydrogen (secondary N) is 1. The van der Waals surface area contributed by atoms with Gasteiger partial charge in [-0.1, -0.05) is 48.5 Å². The highest BCUT2D eigenvalue weighted by molar-refractivity contribution is 7.90. The fourth-order valence-electron chi connectivity index (χ4n) is 2.51. The molecule has 0 aliphatic heterocycles. The summed E-state index contributed by atoms with van der Waals surface area (Å²) in [6.45, 7) is 0. The van der Waals surface area contributed by atoms with E-state index in [0.717, 1.165) is 16.7 Å². The predicted molar refractivity (Wildman–Crippen MR) is 96.7 cm³/mol. The first-order valence-electron chi connectivity index (χ1n) is 7.74. The van der Waals surface area contributed by atoms with Gasteiger partial charge in [0.1, 0.15) is 0 Å². The molecule has 6 heteroatoms. The molecule has 2 aromatic carbocycles. The number of allylic oxidation sites excluding steroid dienone is 1. The highest BCUT2D eigenvalue weighted by Crippen LogP contribution is 2.22. The molecule has 0 unspecified atom stereocenters. The van der Waals surface area contributed by atoms with Gasteiger partial charge in [0.05, 0.1) is 4.90 Å². The number of hydrogen-bond acceptors (Lipinski definition) is 4. The summed E-state index contributed by atoms with van der Waals surface area (Å²) in [5.41, 5.74) is 4.75. The van der Waals surface area contributed by atoms with Crippen LogP contribution in [0.4, 0.5) is 0 Å². The smallest absolute Gasteiger partial charge is 0.267 e. The predicted octanol–water partition coefficient (Wildman–Crippen LogP) is 3.43. The quantitative estimate of drug-likeness (QED) is 0.665. The second-order valence-corrected chi connectivity index (χ2v) is 7.32. The molecule has 3 aromatic rings. The van der Waals surface area contributed by atoms with Crippen molar-refractivity contribution in [1.82, 2.24) is 9.45 Å². The van der Waals surface area contributed by atoms with E-state index in [1.807, 2.05) is 47.9 Å². The molecule has 0 radical (unpaired) electrons. The lowest BCUT2D eigenvalue weighted by Gasteiger charge is -2.07. The van der Waals surface area contributed by atoms with Crippen molar-refractivity contribution < 1.29 is 13.6 Å². The lowest BCUT2D eigenvalue weighted by Crippen LogP contribution is -2.10. The number of hydroxylamine groups is 1. The van der Waals surface area contributed by atoms with Crippen LogP contribution in [0.25, 0.3) is 11.1 Å². The van der Waals surface area contributed by atoms with E-state index in [9.17, 15) is 8.42 Å². The Kier molecular flexibility index (Phi) is 5.02. The normalized spacial score (nSPS) is 11.7. The van der Waals surface area contributed by atoms with Gasteiger partial charge in [-0.25, -0.2) is 12.4 Å². The van der Waals surface area contributed by atoms with Gasteiger partial charge in [-0.05, 0) is 41.3 Å². The molecule has 128 valence electrons. The molecular weight excluding hydrogens is 336 g/mol. The van der Waals surface area contributed by atoms with Crippen molar-refractivity contribution >= 4 is 10.0 Å². The van der Waals surface area contributed by atoms with Crippen molar-refractivity contribution in [1.29, 1.82) is 0 Å². The topological polar surface area (TPSA) is 71.3 Å². The lowest BCUT2D eigenvalue weighted by atomic mass is 10.1. The molecular formula is C19H18N2O3S. The molecule has 1 aromatic heterocycles. The molecule has 0 bridgehead atoms. The molecule has 0 fully saturated rings. The Morgan fingerprint density at radius 1 is 0.960 bits per heavy atom. The molecule has 3 rings (SSSR count). The Bertz CT molecular complexity index is 959. The van der Waals surface area contributed by atoms with Gasteiger partial charge in [-0.3, -0.25) is 10.7 Å². The maximum Gasteiger partial charge on any atom is 0.267 e. The Hall–Kier alpha value is -2.83. The SMILES string of the molecule is O=S(=O)(c1ccc(-c2ccccc2)cc1)n1ccc(C/C=C/NO)c1. The van der Waals surface area contributed by atoms with Gasteiger partial charge in [0.2, 0.25) is 0 Å². The molecule has 0 spiro atoms. The molecule has 0 aliphatic rings. The lowest BCUT2D eigenvalue weighted by molar-refractivity contribution is 0.214. The zero-order chi connectivity index (χ0) is 17.7. The van der Waals surface area contributed by atoms with Crippen molar-refractivity contribution in [3.63, 3.8) is 0 Å². The second-order valence-electron chi connectivity index (χ2n) is 5.48. The average molecular weight is 354 g/mol. The van der Waals surface area contributed by atoms with E-state index in [-0.39, 0.29) is 4.90 Å². The zero-order valence-electron chi connectivity index (χ0n) is 13.4. The van der Waals surface area contributed by atoms with Crippen LogP contribution >= 0.6 is 0 Å². The molecule has 2 N–H and O–H groups in total. The van der Waals surface area contributed by atoms with E-state index in [0.29, 0.717) is 6.42 Å². The summed E-state index contributed by atoms with van der Waals surface area (Å²) in [6.07, 6.45) is 6.69. The third-order valence-corrected chi connectivity index (χ3v) is 5.46. The van der Waals surface area contributed by atoms with Crippen molar-refractivity contribution in [2.24, 2.45) is 0 Å². The van der Waals surface area contributed by atoms with Crippen LogP contribution in [-0.4, -0.2) is 17.6 Å². The van der Waals surface area contributed by atoms with Crippen molar-refractivity contribution in [2.75, 3.05) is 0 Å². The minimum atomic E-state index is -3.62. The first-order valence-corrected chi connectivity index (χ1v) is 9.18. The maximum atomic E-state index is 12.7. The fraction of sp³-hybridized carbons (Fsp3) is 0.0526. The van der Waals surface area contributed by atoms with Crippen LogP contribution < -0.4 is 5.48 Å². The van der Waals surface area contributed by atoms with E-state index in [1.54, 1.807) is 30.5 Å². The molecule has 0 saturated carbocycles. The summed E-state index contributed by atoms with van der Waals surface area (Å²) in [5, 5.41) is 8.49. The van der Waals surface area contributed by atoms with Gasteiger partial charge in [-0.2, -0.15) is 0 Å². The van der Waals surface area contributed by atoms with Crippen LogP contribution in [0.3, 0.4) is 0 Å². The first kappa shape index (κ1) is 17.0. The van der Waals surface area contributed by atoms with Crippen LogP contribution in [-0.2, 0) is 16.4 Å². The van der Waals surface area contributed by atoms with E-state index < -0.39 is 10.0 Å². The molecule has 0 amide bonds. The zero-order valence-corrected chi connectivity index (χ0v) is 14.2. The fourth-order valence-corrected chi connectivity index (χ4v) is 3.73. The van der Waals surface area contributed by atoms with E-state index in [2.05, 4.69) is 0 Å². The number of aromatic nitrogens is 1. The highest BCUT2D eigenvalue weighted by atomic mass is 32.2. The number of hydrogen-bond donors (Lipinski definition) is 2. The summed E-state index contributed by atoms with van der Waals surface area (Å²) in [4.78, 5) is 0.238. The Balaban J connectivity index is 1.84. The standard InChI is InChI=1S/C19H18N2O3S/c22-20-13-4-5-16-12-14-21(15-16)25(23,24)19-10-8-18(9-11-19)17-6-2-1-3-7-17/h1-4,6-15,20,22H,5H2/b13-4+. The Labute approximate surface area is 146 Å². The monoisotopic (exact) mass is 354 g/mol. The Morgan fingerprint density at radius 3 is 2.32 bits per heavy atom. The van der Waals surface area contributed by atoms with Crippen LogP contribution in [0.5, 0.6) is 0 Å². The second kappa shape index (κ2) is 7.38. The minimum absolute atomic E-state index is 0.238. The van der Waals surface area contributed by atoms with Crippen LogP contribution in [0.2, 0.25) is 0 Å². The van der Waals surface area contributed by atoms with Gasteiger partial charge >= 0.3 is 0 Å². The summed E-state index contributed by atoms with van der Waals surface area (Å²) < 4.78 is 26.6. The van der Waals surface area contributed by atoms with Crippen LogP contribution in [0.1, 0.15) is 5.56 Å². The number of nitrogens with zero attached hydrogens (tertiary/aromatic N) is 1. The van der Waals surface area contributed by atoms with E-state index >= 15 is 0 Å². The average Bonchev–Trinajstić information content (AvgIpc) is 3.13. The molecule has 0 saturated heterocycles. The van der Waals surface area contributed by atoms with Crippen LogP contribution in [0.15, 0.2) is 90.2 Å². The van der Waals surface area contributed by atoms with Crippen LogP contribution in [0, 0.1) is 0 Å². The third-order valence-electron chi connectivity index (χ3n) is 3.81. The van der Waals surface area contributed by atoms with Gasteiger partial charge in [0.25, 0.3) is 10.0 Å². The summed E-state index contributed by atoms with van der Waals surface area (Å²) in [7, 11) is -3.62. The molecule has 0 atom stereocenters. The van der Waals surface area contributed by atoms with Gasteiger partial charge in [-0.15, -0.1) is 0 Å². The van der Waals surface area contributed by atoms with Crippen molar-refractivity contribution in [3.05, 3.63) is 90.9 Å². The number of benzene rings is 2. The van der Waals surface area contributed by atoms with Gasteiger partial charge < -0.3 is 0 Å². The van der Waals surface area contributed by atoms with Gasteiger partial charge in [0, 0.05) is 18.6 Å². The summed E-state index contributed by atoms with van der Waals surface area (Å²) in [6, 6.07) is 18.4.